The first-order valence-electron chi connectivity index (χ1n) is 7.24. The van der Waals surface area contributed by atoms with Crippen LogP contribution >= 0.6 is 0 Å². The summed E-state index contributed by atoms with van der Waals surface area (Å²) < 4.78 is 10.8. The van der Waals surface area contributed by atoms with Gasteiger partial charge in [0.15, 0.2) is 0 Å². The third-order valence-corrected chi connectivity index (χ3v) is 3.91. The topological polar surface area (TPSA) is 38.8 Å². The molecule has 1 saturated heterocycles. The maximum Gasteiger partial charge on any atom is 0.410 e. The SMILES string of the molecule is CCC1C[C@@H](OC)CCN1C(=O)OCc1ccccc1. The number of amides is 1. The van der Waals surface area contributed by atoms with Crippen LogP contribution in [0.4, 0.5) is 4.79 Å². The highest BCUT2D eigenvalue weighted by molar-refractivity contribution is 5.68. The summed E-state index contributed by atoms with van der Waals surface area (Å²) in [5.74, 6) is 0. The summed E-state index contributed by atoms with van der Waals surface area (Å²) in [6.45, 7) is 3.14. The molecule has 1 aliphatic rings. The first kappa shape index (κ1) is 14.9. The smallest absolute Gasteiger partial charge is 0.410 e. The molecule has 1 amide bonds. The molecule has 110 valence electrons. The Kier molecular flexibility index (Phi) is 5.41. The average Bonchev–Trinajstić information content (AvgIpc) is 2.52. The van der Waals surface area contributed by atoms with Crippen molar-refractivity contribution in [2.45, 2.75) is 44.9 Å². The fourth-order valence-corrected chi connectivity index (χ4v) is 2.66. The van der Waals surface area contributed by atoms with Gasteiger partial charge in [-0.1, -0.05) is 37.3 Å². The molecule has 2 atom stereocenters. The minimum absolute atomic E-state index is 0.213. The number of methoxy groups -OCH3 is 1. The second-order valence-corrected chi connectivity index (χ2v) is 5.18. The lowest BCUT2D eigenvalue weighted by atomic mass is 9.98. The Morgan fingerprint density at radius 3 is 2.75 bits per heavy atom. The van der Waals surface area contributed by atoms with Crippen LogP contribution in [0.1, 0.15) is 31.7 Å². The highest BCUT2D eigenvalue weighted by Gasteiger charge is 2.31. The summed E-state index contributed by atoms with van der Waals surface area (Å²) >= 11 is 0. The van der Waals surface area contributed by atoms with Gasteiger partial charge < -0.3 is 14.4 Å². The lowest BCUT2D eigenvalue weighted by Gasteiger charge is -2.37. The van der Waals surface area contributed by atoms with Gasteiger partial charge in [-0.3, -0.25) is 0 Å². The van der Waals surface area contributed by atoms with Crippen molar-refractivity contribution in [1.29, 1.82) is 0 Å². The van der Waals surface area contributed by atoms with Gasteiger partial charge in [0.05, 0.1) is 6.10 Å². The normalized spacial score (nSPS) is 22.6. The van der Waals surface area contributed by atoms with Crippen LogP contribution < -0.4 is 0 Å². The molecule has 0 saturated carbocycles. The maximum absolute atomic E-state index is 12.2. The molecule has 20 heavy (non-hydrogen) atoms. The van der Waals surface area contributed by atoms with Gasteiger partial charge in [-0.25, -0.2) is 4.79 Å². The quantitative estimate of drug-likeness (QED) is 0.848. The molecule has 1 fully saturated rings. The Bertz CT molecular complexity index is 421. The molecule has 0 aromatic heterocycles. The van der Waals surface area contributed by atoms with E-state index in [1.165, 1.54) is 0 Å². The lowest BCUT2D eigenvalue weighted by molar-refractivity contribution is 0.00463. The van der Waals surface area contributed by atoms with Crippen molar-refractivity contribution in [2.24, 2.45) is 0 Å². The minimum Gasteiger partial charge on any atom is -0.445 e. The molecule has 4 nitrogen and oxygen atoms in total. The molecule has 1 heterocycles. The van der Waals surface area contributed by atoms with E-state index >= 15 is 0 Å². The largest absolute Gasteiger partial charge is 0.445 e. The maximum atomic E-state index is 12.2. The highest BCUT2D eigenvalue weighted by Crippen LogP contribution is 2.22. The van der Waals surface area contributed by atoms with Crippen molar-refractivity contribution >= 4 is 6.09 Å². The minimum atomic E-state index is -0.213. The van der Waals surface area contributed by atoms with Crippen molar-refractivity contribution in [3.63, 3.8) is 0 Å². The second kappa shape index (κ2) is 7.29. The number of carbonyl (C=O) groups excluding carboxylic acids is 1. The zero-order chi connectivity index (χ0) is 14.4. The molecular weight excluding hydrogens is 254 g/mol. The Labute approximate surface area is 120 Å². The van der Waals surface area contributed by atoms with E-state index in [1.54, 1.807) is 7.11 Å². The molecule has 0 radical (unpaired) electrons. The number of ether oxygens (including phenoxy) is 2. The molecule has 2 rings (SSSR count). The second-order valence-electron chi connectivity index (χ2n) is 5.18. The molecule has 1 aromatic rings. The zero-order valence-corrected chi connectivity index (χ0v) is 12.2. The van der Waals surface area contributed by atoms with Crippen LogP contribution in [0.2, 0.25) is 0 Å². The fourth-order valence-electron chi connectivity index (χ4n) is 2.66. The standard InChI is InChI=1S/C16H23NO3/c1-3-14-11-15(19-2)9-10-17(14)16(18)20-12-13-7-5-4-6-8-13/h4-8,14-15H,3,9-12H2,1-2H3/t14?,15-/m0/s1. The van der Waals surface area contributed by atoms with Gasteiger partial charge in [0.1, 0.15) is 6.61 Å². The van der Waals surface area contributed by atoms with E-state index in [4.69, 9.17) is 9.47 Å². The molecule has 0 spiro atoms. The molecule has 1 aromatic carbocycles. The van der Waals surface area contributed by atoms with E-state index in [1.807, 2.05) is 35.2 Å². The van der Waals surface area contributed by atoms with Crippen molar-refractivity contribution in [3.8, 4) is 0 Å². The van der Waals surface area contributed by atoms with Gasteiger partial charge in [0, 0.05) is 19.7 Å². The van der Waals surface area contributed by atoms with Crippen molar-refractivity contribution < 1.29 is 14.3 Å². The number of carbonyl (C=O) groups is 1. The molecule has 0 bridgehead atoms. The first-order valence-corrected chi connectivity index (χ1v) is 7.24. The van der Waals surface area contributed by atoms with E-state index in [2.05, 4.69) is 6.92 Å². The summed E-state index contributed by atoms with van der Waals surface area (Å²) in [7, 11) is 1.74. The van der Waals surface area contributed by atoms with Gasteiger partial charge >= 0.3 is 6.09 Å². The number of hydrogen-bond donors (Lipinski definition) is 0. The number of piperidine rings is 1. The molecule has 1 unspecified atom stereocenters. The third kappa shape index (κ3) is 3.73. The predicted molar refractivity (Wildman–Crippen MR) is 77.4 cm³/mol. The number of nitrogens with zero attached hydrogens (tertiary/aromatic N) is 1. The monoisotopic (exact) mass is 277 g/mol. The zero-order valence-electron chi connectivity index (χ0n) is 12.2. The van der Waals surface area contributed by atoms with Crippen molar-refractivity contribution in [1.82, 2.24) is 4.90 Å². The van der Waals surface area contributed by atoms with E-state index in [9.17, 15) is 4.79 Å². The van der Waals surface area contributed by atoms with Crippen LogP contribution in [-0.2, 0) is 16.1 Å². The van der Waals surface area contributed by atoms with Crippen LogP contribution in [0, 0.1) is 0 Å². The van der Waals surface area contributed by atoms with E-state index in [0.29, 0.717) is 13.2 Å². The molecule has 0 N–H and O–H groups in total. The Balaban J connectivity index is 1.88. The first-order chi connectivity index (χ1) is 9.74. The van der Waals surface area contributed by atoms with Crippen LogP contribution in [0.5, 0.6) is 0 Å². The van der Waals surface area contributed by atoms with Gasteiger partial charge in [-0.05, 0) is 24.8 Å². The Morgan fingerprint density at radius 2 is 2.10 bits per heavy atom. The van der Waals surface area contributed by atoms with Crippen LogP contribution in [0.15, 0.2) is 30.3 Å². The number of hydrogen-bond acceptors (Lipinski definition) is 3. The van der Waals surface area contributed by atoms with E-state index in [0.717, 1.165) is 24.8 Å². The van der Waals surface area contributed by atoms with Crippen LogP contribution in [0.3, 0.4) is 0 Å². The molecule has 0 aliphatic carbocycles. The Morgan fingerprint density at radius 1 is 1.35 bits per heavy atom. The number of rotatable bonds is 4. The Hall–Kier alpha value is -1.55. The summed E-state index contributed by atoms with van der Waals surface area (Å²) in [5.41, 5.74) is 1.01. The molecule has 4 heteroatoms. The van der Waals surface area contributed by atoms with Crippen molar-refractivity contribution in [2.75, 3.05) is 13.7 Å². The summed E-state index contributed by atoms with van der Waals surface area (Å²) in [4.78, 5) is 14.0. The summed E-state index contributed by atoms with van der Waals surface area (Å²) in [6.07, 6.45) is 2.76. The highest BCUT2D eigenvalue weighted by atomic mass is 16.6. The van der Waals surface area contributed by atoms with Gasteiger partial charge in [-0.2, -0.15) is 0 Å². The summed E-state index contributed by atoms with van der Waals surface area (Å²) in [5, 5.41) is 0. The van der Waals surface area contributed by atoms with Crippen molar-refractivity contribution in [3.05, 3.63) is 35.9 Å². The molecular formula is C16H23NO3. The predicted octanol–water partition coefficient (Wildman–Crippen LogP) is 3.21. The van der Waals surface area contributed by atoms with E-state index < -0.39 is 0 Å². The number of benzene rings is 1. The molecule has 1 aliphatic heterocycles. The third-order valence-electron chi connectivity index (χ3n) is 3.91. The summed E-state index contributed by atoms with van der Waals surface area (Å²) in [6, 6.07) is 9.98. The van der Waals surface area contributed by atoms with E-state index in [-0.39, 0.29) is 18.2 Å². The van der Waals surface area contributed by atoms with Crippen LogP contribution in [0.25, 0.3) is 0 Å². The lowest BCUT2D eigenvalue weighted by Crippen LogP contribution is -2.47. The van der Waals surface area contributed by atoms with Gasteiger partial charge in [0.25, 0.3) is 0 Å². The van der Waals surface area contributed by atoms with Gasteiger partial charge in [-0.15, -0.1) is 0 Å². The van der Waals surface area contributed by atoms with Gasteiger partial charge in [0.2, 0.25) is 0 Å². The number of likely N-dealkylation sites (tertiary alicyclic amines) is 1. The fraction of sp³-hybridized carbons (Fsp3) is 0.562. The average molecular weight is 277 g/mol. The van der Waals surface area contributed by atoms with Crippen LogP contribution in [-0.4, -0.2) is 36.8 Å².